The van der Waals surface area contributed by atoms with Crippen molar-refractivity contribution in [1.29, 1.82) is 0 Å². The Labute approximate surface area is 138 Å². The first-order valence-electron chi connectivity index (χ1n) is 7.02. The van der Waals surface area contributed by atoms with Crippen LogP contribution in [0.2, 0.25) is 4.47 Å². The van der Waals surface area contributed by atoms with Gasteiger partial charge in [0, 0.05) is 16.8 Å². The van der Waals surface area contributed by atoms with Gasteiger partial charge in [-0.25, -0.2) is 9.67 Å². The van der Waals surface area contributed by atoms with Crippen LogP contribution in [0.3, 0.4) is 0 Å². The normalized spacial score (nSPS) is 10.9. The monoisotopic (exact) mass is 333 g/mol. The summed E-state index contributed by atoms with van der Waals surface area (Å²) in [5.41, 5.74) is 4.19. The molecule has 0 radical (unpaired) electrons. The van der Waals surface area contributed by atoms with Crippen LogP contribution in [0.15, 0.2) is 30.6 Å². The minimum absolute atomic E-state index is 0.566. The molecule has 7 heteroatoms. The summed E-state index contributed by atoms with van der Waals surface area (Å²) < 4.78 is 2.39. The van der Waals surface area contributed by atoms with Crippen LogP contribution in [0.25, 0.3) is 5.69 Å². The first-order chi connectivity index (χ1) is 10.7. The fraction of sp³-hybridized carbons (Fsp3) is 0.267. The Kier molecular flexibility index (Phi) is 4.40. The predicted molar refractivity (Wildman–Crippen MR) is 89.9 cm³/mol. The lowest BCUT2D eigenvalue weighted by Gasteiger charge is -2.10. The molecule has 1 aromatic carbocycles. The average molecular weight is 334 g/mol. The minimum atomic E-state index is 0.566. The van der Waals surface area contributed by atoms with Crippen LogP contribution in [0.1, 0.15) is 23.1 Å². The highest BCUT2D eigenvalue weighted by Gasteiger charge is 2.06. The van der Waals surface area contributed by atoms with Crippen LogP contribution in [0, 0.1) is 6.92 Å². The summed E-state index contributed by atoms with van der Waals surface area (Å²) in [5, 5.41) is 11.7. The zero-order chi connectivity index (χ0) is 15.5. The minimum Gasteiger partial charge on any atom is -0.380 e. The second-order valence-corrected chi connectivity index (χ2v) is 6.64. The van der Waals surface area contributed by atoms with Crippen molar-refractivity contribution < 1.29 is 0 Å². The van der Waals surface area contributed by atoms with Crippen LogP contribution in [-0.2, 0) is 13.0 Å². The highest BCUT2D eigenvalue weighted by Crippen LogP contribution is 2.22. The number of halogens is 1. The maximum atomic E-state index is 5.85. The number of hydrogen-bond acceptors (Lipinski definition) is 5. The summed E-state index contributed by atoms with van der Waals surface area (Å²) >= 11 is 7.33. The second kappa shape index (κ2) is 6.46. The largest absolute Gasteiger partial charge is 0.380 e. The summed E-state index contributed by atoms with van der Waals surface area (Å²) in [5.74, 6) is 0. The molecule has 0 spiro atoms. The van der Waals surface area contributed by atoms with Crippen molar-refractivity contribution in [3.05, 3.63) is 51.2 Å². The Morgan fingerprint density at radius 2 is 2.23 bits per heavy atom. The molecule has 0 unspecified atom stereocenters. The third-order valence-corrected chi connectivity index (χ3v) is 4.47. The number of nitrogens with one attached hydrogen (secondary N) is 1. The molecular weight excluding hydrogens is 318 g/mol. The lowest BCUT2D eigenvalue weighted by molar-refractivity contribution is 0.793. The van der Waals surface area contributed by atoms with Gasteiger partial charge in [-0.2, -0.15) is 0 Å². The van der Waals surface area contributed by atoms with Gasteiger partial charge in [0.2, 0.25) is 0 Å². The molecule has 114 valence electrons. The summed E-state index contributed by atoms with van der Waals surface area (Å²) in [6, 6.07) is 6.20. The van der Waals surface area contributed by atoms with E-state index in [0.717, 1.165) is 33.9 Å². The topological polar surface area (TPSA) is 55.6 Å². The molecule has 0 saturated carbocycles. The molecule has 0 aliphatic heterocycles. The maximum absolute atomic E-state index is 5.85. The molecule has 0 aliphatic rings. The van der Waals surface area contributed by atoms with E-state index in [-0.39, 0.29) is 0 Å². The third-order valence-electron chi connectivity index (χ3n) is 3.35. The van der Waals surface area contributed by atoms with E-state index < -0.39 is 0 Å². The summed E-state index contributed by atoms with van der Waals surface area (Å²) in [6.07, 6.45) is 4.64. The molecule has 0 saturated heterocycles. The third kappa shape index (κ3) is 3.28. The van der Waals surface area contributed by atoms with Gasteiger partial charge in [0.1, 0.15) is 0 Å². The molecule has 22 heavy (non-hydrogen) atoms. The van der Waals surface area contributed by atoms with Gasteiger partial charge in [0.25, 0.3) is 0 Å². The van der Waals surface area contributed by atoms with Gasteiger partial charge < -0.3 is 5.32 Å². The summed E-state index contributed by atoms with van der Waals surface area (Å²) in [4.78, 5) is 5.14. The number of aromatic nitrogens is 4. The summed E-state index contributed by atoms with van der Waals surface area (Å²) in [7, 11) is 0. The van der Waals surface area contributed by atoms with Crippen molar-refractivity contribution >= 4 is 28.6 Å². The van der Waals surface area contributed by atoms with Crippen LogP contribution in [0.5, 0.6) is 0 Å². The molecule has 3 aromatic rings. The van der Waals surface area contributed by atoms with Gasteiger partial charge in [0.05, 0.1) is 24.1 Å². The van der Waals surface area contributed by atoms with Crippen LogP contribution in [0.4, 0.5) is 5.69 Å². The average Bonchev–Trinajstić information content (AvgIpc) is 3.15. The number of benzene rings is 1. The van der Waals surface area contributed by atoms with Gasteiger partial charge in [-0.15, -0.1) is 16.4 Å². The Hall–Kier alpha value is -1.92. The molecule has 0 atom stereocenters. The van der Waals surface area contributed by atoms with Crippen molar-refractivity contribution in [2.75, 3.05) is 5.32 Å². The Morgan fingerprint density at radius 3 is 2.91 bits per heavy atom. The van der Waals surface area contributed by atoms with E-state index in [1.807, 2.05) is 10.9 Å². The quantitative estimate of drug-likeness (QED) is 0.770. The van der Waals surface area contributed by atoms with Crippen molar-refractivity contribution in [3.8, 4) is 5.69 Å². The Morgan fingerprint density at radius 1 is 1.36 bits per heavy atom. The number of thiazole rings is 1. The lowest BCUT2D eigenvalue weighted by Crippen LogP contribution is -2.02. The lowest BCUT2D eigenvalue weighted by atomic mass is 10.2. The molecule has 0 fully saturated rings. The van der Waals surface area contributed by atoms with Gasteiger partial charge in [-0.3, -0.25) is 0 Å². The molecular formula is C15H16ClN5S. The van der Waals surface area contributed by atoms with Crippen molar-refractivity contribution in [2.45, 2.75) is 26.8 Å². The van der Waals surface area contributed by atoms with Gasteiger partial charge in [0.15, 0.2) is 4.47 Å². The smallest absolute Gasteiger partial charge is 0.183 e. The van der Waals surface area contributed by atoms with Crippen LogP contribution in [-0.4, -0.2) is 20.0 Å². The first kappa shape index (κ1) is 15.0. The van der Waals surface area contributed by atoms with Gasteiger partial charge >= 0.3 is 0 Å². The predicted octanol–water partition coefficient (Wildman–Crippen LogP) is 3.86. The highest BCUT2D eigenvalue weighted by atomic mass is 35.5. The Bertz CT molecular complexity index is 780. The van der Waals surface area contributed by atoms with E-state index >= 15 is 0 Å². The zero-order valence-electron chi connectivity index (χ0n) is 12.4. The Balaban J connectivity index is 1.80. The van der Waals surface area contributed by atoms with Gasteiger partial charge in [-0.1, -0.05) is 29.8 Å². The summed E-state index contributed by atoms with van der Waals surface area (Å²) in [6.45, 7) is 4.83. The standard InChI is InChI=1S/C15H16ClN5S/c1-3-11-9-21(20-19-11)14-6-12(5-4-10(14)2)17-7-13-8-18-15(16)22-13/h4-6,8-9,17H,3,7H2,1-2H3. The van der Waals surface area contributed by atoms with E-state index in [2.05, 4.69) is 52.7 Å². The number of rotatable bonds is 5. The molecule has 5 nitrogen and oxygen atoms in total. The number of nitrogens with zero attached hydrogens (tertiary/aromatic N) is 4. The van der Waals surface area contributed by atoms with Crippen molar-refractivity contribution in [1.82, 2.24) is 20.0 Å². The number of aryl methyl sites for hydroxylation is 2. The van der Waals surface area contributed by atoms with Crippen molar-refractivity contribution in [2.24, 2.45) is 0 Å². The van der Waals surface area contributed by atoms with E-state index in [4.69, 9.17) is 11.6 Å². The fourth-order valence-electron chi connectivity index (χ4n) is 2.10. The van der Waals surface area contributed by atoms with E-state index in [9.17, 15) is 0 Å². The SMILES string of the molecule is CCc1cn(-c2cc(NCc3cnc(Cl)s3)ccc2C)nn1. The zero-order valence-corrected chi connectivity index (χ0v) is 13.9. The molecule has 0 bridgehead atoms. The van der Waals surface area contributed by atoms with Crippen LogP contribution < -0.4 is 5.32 Å². The van der Waals surface area contributed by atoms with E-state index in [1.54, 1.807) is 6.20 Å². The molecule has 2 aromatic heterocycles. The van der Waals surface area contributed by atoms with Crippen LogP contribution >= 0.6 is 22.9 Å². The molecule has 2 heterocycles. The van der Waals surface area contributed by atoms with Gasteiger partial charge in [-0.05, 0) is 31.0 Å². The molecule has 1 N–H and O–H groups in total. The van der Waals surface area contributed by atoms with E-state index in [0.29, 0.717) is 11.0 Å². The maximum Gasteiger partial charge on any atom is 0.183 e. The molecule has 3 rings (SSSR count). The number of anilines is 1. The molecule has 0 amide bonds. The van der Waals surface area contributed by atoms with E-state index in [1.165, 1.54) is 11.3 Å². The molecule has 0 aliphatic carbocycles. The second-order valence-electron chi connectivity index (χ2n) is 4.94. The fourth-order valence-corrected chi connectivity index (χ4v) is 3.02. The number of hydrogen-bond donors (Lipinski definition) is 1. The highest BCUT2D eigenvalue weighted by molar-refractivity contribution is 7.15. The van der Waals surface area contributed by atoms with Crippen molar-refractivity contribution in [3.63, 3.8) is 0 Å². The first-order valence-corrected chi connectivity index (χ1v) is 8.21.